The Hall–Kier alpha value is -3.35. The number of aliphatic hydroxyl groups excluding tert-OH is 1. The summed E-state index contributed by atoms with van der Waals surface area (Å²) in [7, 11) is 0. The number of nitriles is 1. The minimum absolute atomic E-state index is 0.0147. The fourth-order valence-electron chi connectivity index (χ4n) is 3.23. The van der Waals surface area contributed by atoms with Gasteiger partial charge in [-0.1, -0.05) is 19.1 Å². The van der Waals surface area contributed by atoms with Crippen molar-refractivity contribution >= 4 is 23.4 Å². The van der Waals surface area contributed by atoms with Gasteiger partial charge in [0.2, 0.25) is 0 Å². The van der Waals surface area contributed by atoms with Crippen molar-refractivity contribution in [1.29, 1.82) is 5.26 Å². The molecular formula is C22H19F2N5OS. The minimum atomic E-state index is -0.697. The number of β-amino-alcohol motifs (C(OH)–C–C–N with tert-alkyl or cyclic N) is 1. The number of halogens is 2. The SMILES string of the molecule is CCC(O)CN1C=NC(c2nc(-c3ccc(C#N)cc3)cs2)N1c1cc(F)ccc1F. The van der Waals surface area contributed by atoms with Gasteiger partial charge in [-0.15, -0.1) is 11.3 Å². The van der Waals surface area contributed by atoms with Gasteiger partial charge < -0.3 is 5.11 Å². The van der Waals surface area contributed by atoms with Gasteiger partial charge in [0.15, 0.2) is 6.17 Å². The Kier molecular flexibility index (Phi) is 5.93. The smallest absolute Gasteiger partial charge is 0.193 e. The lowest BCUT2D eigenvalue weighted by Gasteiger charge is -2.34. The second-order valence-corrected chi connectivity index (χ2v) is 7.91. The maximum Gasteiger partial charge on any atom is 0.193 e. The molecule has 158 valence electrons. The molecule has 1 aliphatic rings. The Balaban J connectivity index is 1.69. The van der Waals surface area contributed by atoms with E-state index in [-0.39, 0.29) is 12.2 Å². The fraction of sp³-hybridized carbons (Fsp3) is 0.227. The molecule has 0 saturated carbocycles. The molecule has 2 heterocycles. The van der Waals surface area contributed by atoms with E-state index in [4.69, 9.17) is 5.26 Å². The minimum Gasteiger partial charge on any atom is -0.391 e. The molecule has 9 heteroatoms. The highest BCUT2D eigenvalue weighted by Crippen LogP contribution is 2.37. The standard InChI is InChI=1S/C22H19F2N5OS/c1-2-17(30)11-28-13-26-21(29(28)20-9-16(23)7-8-18(20)24)22-27-19(12-31-22)15-5-3-14(10-25)4-6-15/h3-9,12-13,17,21,30H,2,11H2,1H3. The zero-order chi connectivity index (χ0) is 22.0. The van der Waals surface area contributed by atoms with Gasteiger partial charge in [0.05, 0.1) is 35.7 Å². The molecule has 1 aromatic heterocycles. The summed E-state index contributed by atoms with van der Waals surface area (Å²) < 4.78 is 28.6. The molecule has 6 nitrogen and oxygen atoms in total. The van der Waals surface area contributed by atoms with E-state index in [1.807, 2.05) is 24.4 Å². The van der Waals surface area contributed by atoms with E-state index < -0.39 is 23.9 Å². The van der Waals surface area contributed by atoms with Crippen molar-refractivity contribution in [1.82, 2.24) is 9.99 Å². The molecular weight excluding hydrogens is 420 g/mol. The number of nitrogens with zero attached hydrogens (tertiary/aromatic N) is 5. The van der Waals surface area contributed by atoms with Crippen LogP contribution in [-0.2, 0) is 0 Å². The largest absolute Gasteiger partial charge is 0.391 e. The third kappa shape index (κ3) is 4.26. The summed E-state index contributed by atoms with van der Waals surface area (Å²) in [5.41, 5.74) is 2.11. The van der Waals surface area contributed by atoms with Crippen LogP contribution in [0.3, 0.4) is 0 Å². The van der Waals surface area contributed by atoms with E-state index >= 15 is 0 Å². The topological polar surface area (TPSA) is 75.7 Å². The van der Waals surface area contributed by atoms with Crippen molar-refractivity contribution in [3.05, 3.63) is 70.1 Å². The van der Waals surface area contributed by atoms with E-state index in [1.54, 1.807) is 17.1 Å². The molecule has 0 saturated heterocycles. The summed E-state index contributed by atoms with van der Waals surface area (Å²) in [6, 6.07) is 12.4. The van der Waals surface area contributed by atoms with Crippen molar-refractivity contribution in [2.24, 2.45) is 4.99 Å². The number of hydrogen-bond acceptors (Lipinski definition) is 7. The lowest BCUT2D eigenvalue weighted by Crippen LogP contribution is -2.43. The number of aliphatic imine (C=N–C) groups is 1. The first-order valence-electron chi connectivity index (χ1n) is 9.68. The highest BCUT2D eigenvalue weighted by atomic mass is 32.1. The third-order valence-electron chi connectivity index (χ3n) is 4.93. The number of thiazole rings is 1. The van der Waals surface area contributed by atoms with Crippen LogP contribution in [0.25, 0.3) is 11.3 Å². The Bertz CT molecular complexity index is 1140. The van der Waals surface area contributed by atoms with Crippen LogP contribution < -0.4 is 5.01 Å². The highest BCUT2D eigenvalue weighted by Gasteiger charge is 2.34. The van der Waals surface area contributed by atoms with Crippen molar-refractivity contribution < 1.29 is 13.9 Å². The Morgan fingerprint density at radius 1 is 1.23 bits per heavy atom. The molecule has 0 radical (unpaired) electrons. The summed E-state index contributed by atoms with van der Waals surface area (Å²) in [6.07, 6.45) is 0.665. The molecule has 4 rings (SSSR count). The number of aliphatic hydroxyl groups is 1. The summed E-state index contributed by atoms with van der Waals surface area (Å²) in [5.74, 6) is -1.17. The molecule has 2 atom stereocenters. The van der Waals surface area contributed by atoms with Gasteiger partial charge in [-0.25, -0.2) is 23.8 Å². The maximum atomic E-state index is 14.6. The van der Waals surface area contributed by atoms with Gasteiger partial charge in [0, 0.05) is 17.0 Å². The van der Waals surface area contributed by atoms with Crippen LogP contribution in [0.2, 0.25) is 0 Å². The molecule has 0 bridgehead atoms. The lowest BCUT2D eigenvalue weighted by molar-refractivity contribution is 0.136. The van der Waals surface area contributed by atoms with Gasteiger partial charge in [0.25, 0.3) is 0 Å². The Morgan fingerprint density at radius 2 is 2.00 bits per heavy atom. The Labute approximate surface area is 182 Å². The number of aromatic nitrogens is 1. The predicted octanol–water partition coefficient (Wildman–Crippen LogP) is 4.49. The average molecular weight is 439 g/mol. The molecule has 2 unspecified atom stereocenters. The molecule has 2 aromatic carbocycles. The van der Waals surface area contributed by atoms with Crippen LogP contribution in [-0.4, -0.2) is 34.1 Å². The first-order valence-corrected chi connectivity index (χ1v) is 10.6. The summed E-state index contributed by atoms with van der Waals surface area (Å²) in [5, 5.41) is 24.6. The van der Waals surface area contributed by atoms with Crippen LogP contribution in [0.15, 0.2) is 52.8 Å². The second-order valence-electron chi connectivity index (χ2n) is 7.02. The monoisotopic (exact) mass is 439 g/mol. The first-order chi connectivity index (χ1) is 15.0. The van der Waals surface area contributed by atoms with Crippen molar-refractivity contribution in [2.75, 3.05) is 11.6 Å². The van der Waals surface area contributed by atoms with Crippen molar-refractivity contribution in [3.8, 4) is 17.3 Å². The van der Waals surface area contributed by atoms with E-state index in [0.29, 0.717) is 22.7 Å². The third-order valence-corrected chi connectivity index (χ3v) is 5.81. The van der Waals surface area contributed by atoms with Crippen LogP contribution in [0.4, 0.5) is 14.5 Å². The average Bonchev–Trinajstić information content (AvgIpc) is 3.42. The number of hydrazine groups is 1. The molecule has 0 amide bonds. The fourth-order valence-corrected chi connectivity index (χ4v) is 4.09. The van der Waals surface area contributed by atoms with Crippen molar-refractivity contribution in [2.45, 2.75) is 25.6 Å². The molecule has 1 N–H and O–H groups in total. The van der Waals surface area contributed by atoms with Gasteiger partial charge in [-0.2, -0.15) is 5.26 Å². The zero-order valence-corrected chi connectivity index (χ0v) is 17.4. The quantitative estimate of drug-likeness (QED) is 0.612. The van der Waals surface area contributed by atoms with E-state index in [9.17, 15) is 13.9 Å². The molecule has 0 spiro atoms. The van der Waals surface area contributed by atoms with Gasteiger partial charge in [-0.3, -0.25) is 5.01 Å². The number of anilines is 1. The van der Waals surface area contributed by atoms with Crippen LogP contribution in [0, 0.1) is 23.0 Å². The molecule has 0 aliphatic carbocycles. The molecule has 3 aromatic rings. The molecule has 0 fully saturated rings. The highest BCUT2D eigenvalue weighted by molar-refractivity contribution is 7.10. The van der Waals surface area contributed by atoms with Gasteiger partial charge >= 0.3 is 0 Å². The van der Waals surface area contributed by atoms with Crippen LogP contribution in [0.5, 0.6) is 0 Å². The van der Waals surface area contributed by atoms with Crippen LogP contribution >= 0.6 is 11.3 Å². The van der Waals surface area contributed by atoms with E-state index in [0.717, 1.165) is 23.8 Å². The molecule has 1 aliphatic heterocycles. The van der Waals surface area contributed by atoms with E-state index in [2.05, 4.69) is 16.0 Å². The summed E-state index contributed by atoms with van der Waals surface area (Å²) in [4.78, 5) is 9.12. The second kappa shape index (κ2) is 8.79. The number of hydrogen-bond donors (Lipinski definition) is 1. The van der Waals surface area contributed by atoms with Gasteiger partial charge in [0.1, 0.15) is 23.0 Å². The van der Waals surface area contributed by atoms with E-state index in [1.165, 1.54) is 22.7 Å². The normalized spacial score (nSPS) is 16.5. The predicted molar refractivity (Wildman–Crippen MR) is 115 cm³/mol. The van der Waals surface area contributed by atoms with Gasteiger partial charge in [-0.05, 0) is 30.7 Å². The summed E-state index contributed by atoms with van der Waals surface area (Å²) in [6.45, 7) is 2.02. The lowest BCUT2D eigenvalue weighted by atomic mass is 10.1. The Morgan fingerprint density at radius 3 is 2.71 bits per heavy atom. The maximum absolute atomic E-state index is 14.6. The first kappa shape index (κ1) is 20.9. The number of benzene rings is 2. The molecule has 31 heavy (non-hydrogen) atoms. The summed E-state index contributed by atoms with van der Waals surface area (Å²) >= 11 is 1.35. The van der Waals surface area contributed by atoms with Crippen LogP contribution in [0.1, 0.15) is 30.1 Å². The zero-order valence-electron chi connectivity index (χ0n) is 16.6. The number of rotatable bonds is 6. The van der Waals surface area contributed by atoms with Crippen molar-refractivity contribution in [3.63, 3.8) is 0 Å².